The number of piperidine rings is 1. The molecule has 3 rings (SSSR count). The molecule has 1 heterocycles. The Morgan fingerprint density at radius 1 is 1.05 bits per heavy atom. The van der Waals surface area contributed by atoms with E-state index in [1.165, 1.54) is 32.1 Å². The maximum absolute atomic E-state index is 12.9. The zero-order valence-corrected chi connectivity index (χ0v) is 13.7. The van der Waals surface area contributed by atoms with E-state index in [-0.39, 0.29) is 11.8 Å². The maximum atomic E-state index is 12.9. The van der Waals surface area contributed by atoms with Crippen LogP contribution in [0.3, 0.4) is 0 Å². The second-order valence-electron chi connectivity index (χ2n) is 8.04. The van der Waals surface area contributed by atoms with Crippen molar-refractivity contribution in [3.8, 4) is 0 Å². The van der Waals surface area contributed by atoms with Gasteiger partial charge in [0, 0.05) is 19.0 Å². The van der Waals surface area contributed by atoms with Crippen molar-refractivity contribution in [1.82, 2.24) is 4.90 Å². The average Bonchev–Trinajstić information content (AvgIpc) is 2.53. The van der Waals surface area contributed by atoms with Gasteiger partial charge in [-0.25, -0.2) is 0 Å². The molecule has 4 heteroatoms. The first-order valence-electron chi connectivity index (χ1n) is 9.02. The van der Waals surface area contributed by atoms with Crippen LogP contribution in [0, 0.1) is 23.2 Å². The second kappa shape index (κ2) is 6.21. The van der Waals surface area contributed by atoms with E-state index in [0.717, 1.165) is 37.6 Å². The fourth-order valence-corrected chi connectivity index (χ4v) is 4.96. The van der Waals surface area contributed by atoms with Gasteiger partial charge in [-0.05, 0) is 50.9 Å². The van der Waals surface area contributed by atoms with E-state index in [2.05, 4.69) is 0 Å². The van der Waals surface area contributed by atoms with Crippen LogP contribution in [0.25, 0.3) is 0 Å². The third kappa shape index (κ3) is 3.02. The quantitative estimate of drug-likeness (QED) is 0.851. The number of carbonyl (C=O) groups is 2. The zero-order valence-electron chi connectivity index (χ0n) is 13.7. The SMILES string of the molecule is CC1(C(=O)O)CCCN(C(=O)C2CCC3CCCCC3C2)C1. The molecular weight excluding hydrogens is 278 g/mol. The Labute approximate surface area is 133 Å². The molecule has 3 aliphatic rings. The van der Waals surface area contributed by atoms with E-state index < -0.39 is 11.4 Å². The third-order valence-corrected chi connectivity index (χ3v) is 6.41. The molecule has 0 aromatic heterocycles. The van der Waals surface area contributed by atoms with Crippen LogP contribution < -0.4 is 0 Å². The number of fused-ring (bicyclic) bond motifs is 1. The number of carboxylic acids is 1. The number of aliphatic carboxylic acids is 1. The smallest absolute Gasteiger partial charge is 0.311 e. The molecule has 1 amide bonds. The lowest BCUT2D eigenvalue weighted by Crippen LogP contribution is -2.50. The summed E-state index contributed by atoms with van der Waals surface area (Å²) in [4.78, 5) is 26.2. The zero-order chi connectivity index (χ0) is 15.7. The van der Waals surface area contributed by atoms with Crippen LogP contribution in [-0.4, -0.2) is 35.0 Å². The van der Waals surface area contributed by atoms with Crippen molar-refractivity contribution in [2.45, 2.75) is 64.7 Å². The van der Waals surface area contributed by atoms with Crippen LogP contribution in [0.2, 0.25) is 0 Å². The summed E-state index contributed by atoms with van der Waals surface area (Å²) >= 11 is 0. The number of hydrogen-bond acceptors (Lipinski definition) is 2. The highest BCUT2D eigenvalue weighted by molar-refractivity contribution is 5.81. The molecule has 0 spiro atoms. The van der Waals surface area contributed by atoms with Crippen LogP contribution in [0.5, 0.6) is 0 Å². The Morgan fingerprint density at radius 3 is 2.50 bits per heavy atom. The summed E-state index contributed by atoms with van der Waals surface area (Å²) in [6.45, 7) is 2.92. The van der Waals surface area contributed by atoms with Crippen LogP contribution in [-0.2, 0) is 9.59 Å². The molecule has 1 saturated heterocycles. The highest BCUT2D eigenvalue weighted by atomic mass is 16.4. The molecule has 4 unspecified atom stereocenters. The summed E-state index contributed by atoms with van der Waals surface area (Å²) in [6.07, 6.45) is 10.1. The summed E-state index contributed by atoms with van der Waals surface area (Å²) in [5, 5.41) is 9.42. The second-order valence-corrected chi connectivity index (χ2v) is 8.04. The van der Waals surface area contributed by atoms with Crippen molar-refractivity contribution in [2.24, 2.45) is 23.2 Å². The van der Waals surface area contributed by atoms with Gasteiger partial charge in [0.15, 0.2) is 0 Å². The molecule has 22 heavy (non-hydrogen) atoms. The summed E-state index contributed by atoms with van der Waals surface area (Å²) in [5.41, 5.74) is -0.754. The Hall–Kier alpha value is -1.06. The van der Waals surface area contributed by atoms with E-state index >= 15 is 0 Å². The Morgan fingerprint density at radius 2 is 1.77 bits per heavy atom. The van der Waals surface area contributed by atoms with E-state index in [1.54, 1.807) is 6.92 Å². The molecule has 1 N–H and O–H groups in total. The van der Waals surface area contributed by atoms with Gasteiger partial charge in [0.25, 0.3) is 0 Å². The predicted octanol–water partition coefficient (Wildman–Crippen LogP) is 3.31. The van der Waals surface area contributed by atoms with Crippen LogP contribution in [0.1, 0.15) is 64.7 Å². The highest BCUT2D eigenvalue weighted by Gasteiger charge is 2.42. The Kier molecular flexibility index (Phi) is 4.47. The van der Waals surface area contributed by atoms with Gasteiger partial charge < -0.3 is 10.0 Å². The number of rotatable bonds is 2. The Balaban J connectivity index is 1.62. The number of nitrogens with zero attached hydrogens (tertiary/aromatic N) is 1. The minimum atomic E-state index is -0.763. The molecule has 0 radical (unpaired) electrons. The first-order chi connectivity index (χ1) is 10.5. The van der Waals surface area contributed by atoms with Crippen molar-refractivity contribution in [2.75, 3.05) is 13.1 Å². The number of likely N-dealkylation sites (tertiary alicyclic amines) is 1. The third-order valence-electron chi connectivity index (χ3n) is 6.41. The van der Waals surface area contributed by atoms with Crippen LogP contribution in [0.4, 0.5) is 0 Å². The lowest BCUT2D eigenvalue weighted by atomic mass is 9.67. The van der Waals surface area contributed by atoms with E-state index in [4.69, 9.17) is 0 Å². The first-order valence-corrected chi connectivity index (χ1v) is 9.02. The largest absolute Gasteiger partial charge is 0.481 e. The number of carboxylic acid groups (broad SMARTS) is 1. The van der Waals surface area contributed by atoms with Crippen LogP contribution >= 0.6 is 0 Å². The average molecular weight is 307 g/mol. The van der Waals surface area contributed by atoms with E-state index in [1.807, 2.05) is 4.90 Å². The van der Waals surface area contributed by atoms with E-state index in [0.29, 0.717) is 13.0 Å². The molecule has 3 fully saturated rings. The minimum absolute atomic E-state index is 0.149. The van der Waals surface area contributed by atoms with Crippen molar-refractivity contribution in [3.05, 3.63) is 0 Å². The van der Waals surface area contributed by atoms with Crippen molar-refractivity contribution < 1.29 is 14.7 Å². The normalized spacial score (nSPS) is 39.1. The van der Waals surface area contributed by atoms with Gasteiger partial charge in [0.1, 0.15) is 0 Å². The standard InChI is InChI=1S/C18H29NO3/c1-18(17(21)22)9-4-10-19(12-18)16(20)15-8-7-13-5-2-3-6-14(13)11-15/h13-15H,2-12H2,1H3,(H,21,22). The van der Waals surface area contributed by atoms with E-state index in [9.17, 15) is 14.7 Å². The highest BCUT2D eigenvalue weighted by Crippen LogP contribution is 2.43. The van der Waals surface area contributed by atoms with Gasteiger partial charge >= 0.3 is 5.97 Å². The fourth-order valence-electron chi connectivity index (χ4n) is 4.96. The van der Waals surface area contributed by atoms with Crippen molar-refractivity contribution in [3.63, 3.8) is 0 Å². The number of carbonyl (C=O) groups excluding carboxylic acids is 1. The molecular formula is C18H29NO3. The van der Waals surface area contributed by atoms with Crippen molar-refractivity contribution >= 4 is 11.9 Å². The molecule has 0 bridgehead atoms. The molecule has 4 nitrogen and oxygen atoms in total. The number of hydrogen-bond donors (Lipinski definition) is 1. The summed E-state index contributed by atoms with van der Waals surface area (Å²) < 4.78 is 0. The monoisotopic (exact) mass is 307 g/mol. The molecule has 2 saturated carbocycles. The lowest BCUT2D eigenvalue weighted by molar-refractivity contribution is -0.155. The maximum Gasteiger partial charge on any atom is 0.311 e. The molecule has 2 aliphatic carbocycles. The molecule has 1 aliphatic heterocycles. The van der Waals surface area contributed by atoms with Crippen molar-refractivity contribution in [1.29, 1.82) is 0 Å². The van der Waals surface area contributed by atoms with Gasteiger partial charge in [-0.1, -0.05) is 25.7 Å². The lowest BCUT2D eigenvalue weighted by Gasteiger charge is -2.43. The predicted molar refractivity (Wildman–Crippen MR) is 84.3 cm³/mol. The summed E-state index contributed by atoms with van der Waals surface area (Å²) in [7, 11) is 0. The topological polar surface area (TPSA) is 57.6 Å². The summed E-state index contributed by atoms with van der Waals surface area (Å²) in [5.74, 6) is 1.21. The molecule has 0 aromatic carbocycles. The van der Waals surface area contributed by atoms with Crippen LogP contribution in [0.15, 0.2) is 0 Å². The Bertz CT molecular complexity index is 450. The van der Waals surface area contributed by atoms with Gasteiger partial charge in [-0.2, -0.15) is 0 Å². The summed E-state index contributed by atoms with van der Waals surface area (Å²) in [6, 6.07) is 0. The number of amides is 1. The van der Waals surface area contributed by atoms with Gasteiger partial charge in [0.05, 0.1) is 5.41 Å². The fraction of sp³-hybridized carbons (Fsp3) is 0.889. The van der Waals surface area contributed by atoms with Gasteiger partial charge in [-0.15, -0.1) is 0 Å². The minimum Gasteiger partial charge on any atom is -0.481 e. The van der Waals surface area contributed by atoms with Gasteiger partial charge in [0.2, 0.25) is 5.91 Å². The molecule has 4 atom stereocenters. The van der Waals surface area contributed by atoms with Gasteiger partial charge in [-0.3, -0.25) is 9.59 Å². The first kappa shape index (κ1) is 15.8. The molecule has 0 aromatic rings. The molecule has 124 valence electrons.